The highest BCUT2D eigenvalue weighted by atomic mass is 16.5. The molecule has 128 valence electrons. The Labute approximate surface area is 141 Å². The number of carbonyl (C=O) groups excluding carboxylic acids is 1. The van der Waals surface area contributed by atoms with Crippen LogP contribution in [0.5, 0.6) is 5.75 Å². The van der Waals surface area contributed by atoms with Gasteiger partial charge in [0.1, 0.15) is 5.75 Å². The molecule has 1 heterocycles. The second-order valence-corrected chi connectivity index (χ2v) is 6.71. The molecule has 1 aliphatic rings. The van der Waals surface area contributed by atoms with E-state index in [2.05, 4.69) is 25.7 Å². The molecule has 0 unspecified atom stereocenters. The summed E-state index contributed by atoms with van der Waals surface area (Å²) < 4.78 is 5.82. The van der Waals surface area contributed by atoms with Crippen molar-refractivity contribution in [3.8, 4) is 5.75 Å². The molecule has 1 saturated heterocycles. The average Bonchev–Trinajstić information content (AvgIpc) is 2.82. The molecule has 0 aliphatic carbocycles. The van der Waals surface area contributed by atoms with Crippen molar-refractivity contribution in [3.63, 3.8) is 0 Å². The summed E-state index contributed by atoms with van der Waals surface area (Å²) in [6.07, 6.45) is 6.73. The molecule has 0 bridgehead atoms. The second kappa shape index (κ2) is 9.07. The maximum Gasteiger partial charge on any atom is 0.167 e. The molecule has 1 aliphatic heterocycles. The topological polar surface area (TPSA) is 29.5 Å². The van der Waals surface area contributed by atoms with Gasteiger partial charge in [-0.05, 0) is 69.5 Å². The first-order valence-corrected chi connectivity index (χ1v) is 9.11. The summed E-state index contributed by atoms with van der Waals surface area (Å²) in [4.78, 5) is 15.2. The van der Waals surface area contributed by atoms with E-state index in [1.807, 2.05) is 12.1 Å². The zero-order valence-electron chi connectivity index (χ0n) is 15.0. The summed E-state index contributed by atoms with van der Waals surface area (Å²) >= 11 is 0. The minimum absolute atomic E-state index is 0.212. The molecule has 0 spiro atoms. The number of likely N-dealkylation sites (tertiary alicyclic amines) is 1. The molecule has 23 heavy (non-hydrogen) atoms. The molecule has 0 amide bonds. The fourth-order valence-electron chi connectivity index (χ4n) is 3.09. The zero-order valence-corrected chi connectivity index (χ0v) is 15.0. The van der Waals surface area contributed by atoms with Gasteiger partial charge in [-0.15, -0.1) is 0 Å². The fraction of sp³-hybridized carbons (Fsp3) is 0.650. The monoisotopic (exact) mass is 317 g/mol. The third kappa shape index (κ3) is 5.35. The lowest BCUT2D eigenvalue weighted by molar-refractivity contribution is 0.0960. The van der Waals surface area contributed by atoms with Gasteiger partial charge in [0.2, 0.25) is 0 Å². The Balaban J connectivity index is 2.03. The van der Waals surface area contributed by atoms with Gasteiger partial charge < -0.3 is 9.64 Å². The predicted octanol–water partition coefficient (Wildman–Crippen LogP) is 4.54. The predicted molar refractivity (Wildman–Crippen MR) is 95.6 cm³/mol. The number of hydrogen-bond donors (Lipinski definition) is 0. The lowest BCUT2D eigenvalue weighted by atomic mass is 10.0. The minimum Gasteiger partial charge on any atom is -0.493 e. The largest absolute Gasteiger partial charge is 0.493 e. The van der Waals surface area contributed by atoms with E-state index in [4.69, 9.17) is 4.74 Å². The summed E-state index contributed by atoms with van der Waals surface area (Å²) in [5, 5.41) is 0. The molecule has 3 nitrogen and oxygen atoms in total. The van der Waals surface area contributed by atoms with Crippen LogP contribution in [0.15, 0.2) is 12.1 Å². The van der Waals surface area contributed by atoms with E-state index in [1.54, 1.807) is 0 Å². The zero-order chi connectivity index (χ0) is 16.7. The van der Waals surface area contributed by atoms with Crippen LogP contribution in [-0.4, -0.2) is 36.9 Å². The molecule has 0 aromatic heterocycles. The highest BCUT2D eigenvalue weighted by molar-refractivity contribution is 5.99. The molecule has 0 N–H and O–H groups in total. The molecule has 1 aromatic carbocycles. The Morgan fingerprint density at radius 3 is 2.39 bits per heavy atom. The smallest absolute Gasteiger partial charge is 0.167 e. The Bertz CT molecular complexity index is 517. The lowest BCUT2D eigenvalue weighted by Crippen LogP contribution is -2.27. The van der Waals surface area contributed by atoms with E-state index in [0.717, 1.165) is 42.9 Å². The summed E-state index contributed by atoms with van der Waals surface area (Å²) in [6, 6.07) is 4.02. The highest BCUT2D eigenvalue weighted by Crippen LogP contribution is 2.25. The van der Waals surface area contributed by atoms with Crippen LogP contribution in [0.1, 0.15) is 66.9 Å². The van der Waals surface area contributed by atoms with Gasteiger partial charge in [0.25, 0.3) is 0 Å². The Morgan fingerprint density at radius 2 is 1.74 bits per heavy atom. The van der Waals surface area contributed by atoms with Crippen LogP contribution in [0.4, 0.5) is 0 Å². The van der Waals surface area contributed by atoms with Crippen molar-refractivity contribution < 1.29 is 9.53 Å². The van der Waals surface area contributed by atoms with Crippen molar-refractivity contribution in [3.05, 3.63) is 28.8 Å². The van der Waals surface area contributed by atoms with E-state index >= 15 is 0 Å². The van der Waals surface area contributed by atoms with Gasteiger partial charge in [0, 0.05) is 13.0 Å². The first kappa shape index (κ1) is 18.0. The van der Waals surface area contributed by atoms with Crippen molar-refractivity contribution in [2.24, 2.45) is 0 Å². The van der Waals surface area contributed by atoms with Crippen LogP contribution in [0.25, 0.3) is 0 Å². The second-order valence-electron chi connectivity index (χ2n) is 6.71. The number of rotatable bonds is 7. The van der Waals surface area contributed by atoms with E-state index in [-0.39, 0.29) is 5.78 Å². The Morgan fingerprint density at radius 1 is 1.09 bits per heavy atom. The molecule has 3 heteroatoms. The van der Waals surface area contributed by atoms with Gasteiger partial charge >= 0.3 is 0 Å². The van der Waals surface area contributed by atoms with Crippen LogP contribution < -0.4 is 4.74 Å². The first-order chi connectivity index (χ1) is 11.1. The normalized spacial score (nSPS) is 16.1. The van der Waals surface area contributed by atoms with Crippen LogP contribution in [0, 0.1) is 13.8 Å². The lowest BCUT2D eigenvalue weighted by Gasteiger charge is -2.19. The Hall–Kier alpha value is -1.35. The van der Waals surface area contributed by atoms with Gasteiger partial charge in [-0.25, -0.2) is 0 Å². The number of aryl methyl sites for hydroxylation is 2. The van der Waals surface area contributed by atoms with Crippen molar-refractivity contribution in [2.45, 2.75) is 59.3 Å². The van der Waals surface area contributed by atoms with Crippen molar-refractivity contribution in [1.82, 2.24) is 4.90 Å². The maximum absolute atomic E-state index is 12.7. The van der Waals surface area contributed by atoms with Crippen molar-refractivity contribution in [2.75, 3.05) is 26.2 Å². The molecular formula is C20H31NO2. The third-order valence-corrected chi connectivity index (χ3v) is 4.71. The summed E-state index contributed by atoms with van der Waals surface area (Å²) in [7, 11) is 0. The number of hydrogen-bond acceptors (Lipinski definition) is 3. The quantitative estimate of drug-likeness (QED) is 0.691. The summed E-state index contributed by atoms with van der Waals surface area (Å²) in [5.41, 5.74) is 3.10. The van der Waals surface area contributed by atoms with Gasteiger partial charge in [0.15, 0.2) is 5.78 Å². The van der Waals surface area contributed by atoms with Crippen molar-refractivity contribution in [1.29, 1.82) is 0 Å². The molecule has 2 rings (SSSR count). The van der Waals surface area contributed by atoms with Gasteiger partial charge in [-0.1, -0.05) is 19.8 Å². The maximum atomic E-state index is 12.7. The van der Waals surface area contributed by atoms with Gasteiger partial charge in [-0.3, -0.25) is 4.79 Å². The molecule has 1 fully saturated rings. The third-order valence-electron chi connectivity index (χ3n) is 4.71. The molecule has 1 aromatic rings. The molecule has 0 saturated carbocycles. The van der Waals surface area contributed by atoms with E-state index in [0.29, 0.717) is 13.0 Å². The fourth-order valence-corrected chi connectivity index (χ4v) is 3.09. The minimum atomic E-state index is 0.212. The van der Waals surface area contributed by atoms with Crippen molar-refractivity contribution >= 4 is 5.78 Å². The van der Waals surface area contributed by atoms with E-state index < -0.39 is 0 Å². The van der Waals surface area contributed by atoms with Gasteiger partial charge in [0.05, 0.1) is 12.2 Å². The van der Waals surface area contributed by atoms with Crippen LogP contribution in [0.3, 0.4) is 0 Å². The summed E-state index contributed by atoms with van der Waals surface area (Å²) in [5.74, 6) is 0.972. The highest BCUT2D eigenvalue weighted by Gasteiger charge is 2.16. The van der Waals surface area contributed by atoms with E-state index in [9.17, 15) is 4.79 Å². The average molecular weight is 317 g/mol. The molecule has 0 radical (unpaired) electrons. The Kier molecular flexibility index (Phi) is 7.10. The standard InChI is InChI=1S/C20H31NO2/c1-4-13-23-20-15-17(3)16(2)14-18(20)19(22)9-12-21-10-7-5-6-8-11-21/h14-15H,4-13H2,1-3H3. The number of carbonyl (C=O) groups is 1. The van der Waals surface area contributed by atoms with Gasteiger partial charge in [-0.2, -0.15) is 0 Å². The first-order valence-electron chi connectivity index (χ1n) is 9.11. The van der Waals surface area contributed by atoms with E-state index in [1.165, 1.54) is 31.2 Å². The summed E-state index contributed by atoms with van der Waals surface area (Å²) in [6.45, 7) is 10.0. The van der Waals surface area contributed by atoms with Crippen LogP contribution in [-0.2, 0) is 0 Å². The number of ether oxygens (including phenoxy) is 1. The SMILES string of the molecule is CCCOc1cc(C)c(C)cc1C(=O)CCN1CCCCCC1. The molecule has 0 atom stereocenters. The number of ketones is 1. The molecular weight excluding hydrogens is 286 g/mol. The van der Waals surface area contributed by atoms with Crippen LogP contribution in [0.2, 0.25) is 0 Å². The number of nitrogens with zero attached hydrogens (tertiary/aromatic N) is 1. The number of benzene rings is 1. The number of Topliss-reactive ketones (excluding diaryl/α,β-unsaturated/α-hetero) is 1. The van der Waals surface area contributed by atoms with Crippen LogP contribution >= 0.6 is 0 Å².